The minimum Gasteiger partial charge on any atom is -0.316 e. The van der Waals surface area contributed by atoms with E-state index < -0.39 is 0 Å². The molecule has 0 amide bonds. The van der Waals surface area contributed by atoms with Crippen LogP contribution in [0.3, 0.4) is 0 Å². The van der Waals surface area contributed by atoms with Crippen LogP contribution in [0.1, 0.15) is 31.6 Å². The van der Waals surface area contributed by atoms with E-state index in [-0.39, 0.29) is 0 Å². The summed E-state index contributed by atoms with van der Waals surface area (Å²) < 4.78 is 0. The van der Waals surface area contributed by atoms with Crippen molar-refractivity contribution in [3.63, 3.8) is 0 Å². The third kappa shape index (κ3) is 6.81. The average molecular weight is 254 g/mol. The molecule has 0 aliphatic rings. The Hall–Kier alpha value is -0.380. The van der Waals surface area contributed by atoms with Gasteiger partial charge in [0.25, 0.3) is 0 Å². The first kappa shape index (κ1) is 14.7. The Morgan fingerprint density at radius 1 is 1.18 bits per heavy atom. The van der Waals surface area contributed by atoms with Crippen LogP contribution >= 0.6 is 11.3 Å². The maximum atomic E-state index is 3.52. The first-order valence-electron chi connectivity index (χ1n) is 6.82. The van der Waals surface area contributed by atoms with Gasteiger partial charge in [-0.05, 0) is 63.4 Å². The summed E-state index contributed by atoms with van der Waals surface area (Å²) in [6.45, 7) is 10.4. The molecule has 0 saturated heterocycles. The standard InChI is InChI=1S/C14H26N2S/c1-3-16(4-2)12-6-5-10-15-11-9-14-8-7-13-17-14/h7-8,13,15H,3-6,9-12H2,1-2H3. The zero-order valence-corrected chi connectivity index (χ0v) is 12.1. The van der Waals surface area contributed by atoms with Crippen LogP contribution in [0.4, 0.5) is 0 Å². The van der Waals surface area contributed by atoms with Gasteiger partial charge in [-0.25, -0.2) is 0 Å². The van der Waals surface area contributed by atoms with Gasteiger partial charge >= 0.3 is 0 Å². The summed E-state index contributed by atoms with van der Waals surface area (Å²) in [6.07, 6.45) is 3.78. The largest absolute Gasteiger partial charge is 0.316 e. The quantitative estimate of drug-likeness (QED) is 0.646. The van der Waals surface area contributed by atoms with E-state index in [9.17, 15) is 0 Å². The number of hydrogen-bond donors (Lipinski definition) is 1. The van der Waals surface area contributed by atoms with Crippen molar-refractivity contribution in [1.29, 1.82) is 0 Å². The molecule has 1 aromatic rings. The first-order chi connectivity index (χ1) is 8.36. The van der Waals surface area contributed by atoms with E-state index in [0.717, 1.165) is 13.1 Å². The van der Waals surface area contributed by atoms with Gasteiger partial charge in [0.05, 0.1) is 0 Å². The van der Waals surface area contributed by atoms with E-state index in [0.29, 0.717) is 0 Å². The molecule has 0 aromatic carbocycles. The van der Waals surface area contributed by atoms with E-state index in [4.69, 9.17) is 0 Å². The second-order valence-electron chi connectivity index (χ2n) is 4.31. The van der Waals surface area contributed by atoms with Crippen molar-refractivity contribution in [3.05, 3.63) is 22.4 Å². The van der Waals surface area contributed by atoms with Crippen molar-refractivity contribution in [2.45, 2.75) is 33.1 Å². The molecule has 0 radical (unpaired) electrons. The first-order valence-corrected chi connectivity index (χ1v) is 7.70. The summed E-state index contributed by atoms with van der Waals surface area (Å²) in [5.74, 6) is 0. The fourth-order valence-corrected chi connectivity index (χ4v) is 2.63. The zero-order valence-electron chi connectivity index (χ0n) is 11.2. The summed E-state index contributed by atoms with van der Waals surface area (Å²) >= 11 is 1.85. The van der Waals surface area contributed by atoms with Gasteiger partial charge in [0, 0.05) is 4.88 Å². The van der Waals surface area contributed by atoms with Crippen LogP contribution in [0.25, 0.3) is 0 Å². The Labute approximate surface area is 110 Å². The van der Waals surface area contributed by atoms with Gasteiger partial charge in [-0.1, -0.05) is 19.9 Å². The van der Waals surface area contributed by atoms with Crippen molar-refractivity contribution in [1.82, 2.24) is 10.2 Å². The number of hydrogen-bond acceptors (Lipinski definition) is 3. The molecule has 0 unspecified atom stereocenters. The SMILES string of the molecule is CCN(CC)CCCCNCCc1cccs1. The fraction of sp³-hybridized carbons (Fsp3) is 0.714. The molecule has 1 aromatic heterocycles. The third-order valence-corrected chi connectivity index (χ3v) is 4.04. The number of nitrogens with one attached hydrogen (secondary N) is 1. The highest BCUT2D eigenvalue weighted by Gasteiger charge is 1.98. The maximum absolute atomic E-state index is 3.52. The van der Waals surface area contributed by atoms with Crippen molar-refractivity contribution >= 4 is 11.3 Å². The van der Waals surface area contributed by atoms with Crippen LogP contribution in [0.15, 0.2) is 17.5 Å². The predicted molar refractivity (Wildman–Crippen MR) is 77.9 cm³/mol. The highest BCUT2D eigenvalue weighted by atomic mass is 32.1. The lowest BCUT2D eigenvalue weighted by Crippen LogP contribution is -2.25. The summed E-state index contributed by atoms with van der Waals surface area (Å²) in [4.78, 5) is 3.98. The van der Waals surface area contributed by atoms with Crippen LogP contribution in [0.5, 0.6) is 0 Å². The van der Waals surface area contributed by atoms with E-state index in [2.05, 4.69) is 41.6 Å². The normalized spacial score (nSPS) is 11.2. The summed E-state index contributed by atoms with van der Waals surface area (Å²) in [5, 5.41) is 5.67. The van der Waals surface area contributed by atoms with Crippen molar-refractivity contribution < 1.29 is 0 Å². The molecule has 1 rings (SSSR count). The van der Waals surface area contributed by atoms with Gasteiger partial charge < -0.3 is 10.2 Å². The van der Waals surface area contributed by atoms with E-state index in [1.165, 1.54) is 43.8 Å². The van der Waals surface area contributed by atoms with Crippen molar-refractivity contribution in [2.75, 3.05) is 32.7 Å². The number of unbranched alkanes of at least 4 members (excludes halogenated alkanes) is 1. The number of thiophene rings is 1. The molecule has 0 fully saturated rings. The summed E-state index contributed by atoms with van der Waals surface area (Å²) in [5.41, 5.74) is 0. The minimum atomic E-state index is 1.12. The Bertz CT molecular complexity index is 255. The van der Waals surface area contributed by atoms with Gasteiger partial charge in [0.2, 0.25) is 0 Å². The smallest absolute Gasteiger partial charge is 0.00578 e. The van der Waals surface area contributed by atoms with E-state index in [1.54, 1.807) is 0 Å². The molecular formula is C14H26N2S. The van der Waals surface area contributed by atoms with E-state index >= 15 is 0 Å². The molecule has 98 valence electrons. The van der Waals surface area contributed by atoms with Crippen LogP contribution in [0, 0.1) is 0 Å². The summed E-state index contributed by atoms with van der Waals surface area (Å²) in [7, 11) is 0. The molecule has 0 aliphatic heterocycles. The second kappa shape index (κ2) is 9.63. The van der Waals surface area contributed by atoms with E-state index in [1.807, 2.05) is 11.3 Å². The van der Waals surface area contributed by atoms with Gasteiger partial charge in [0.1, 0.15) is 0 Å². The lowest BCUT2D eigenvalue weighted by molar-refractivity contribution is 0.296. The molecule has 1 N–H and O–H groups in total. The Morgan fingerprint density at radius 2 is 2.00 bits per heavy atom. The van der Waals surface area contributed by atoms with Gasteiger partial charge in [-0.15, -0.1) is 11.3 Å². The maximum Gasteiger partial charge on any atom is 0.00578 e. The Kier molecular flexibility index (Phi) is 8.32. The van der Waals surface area contributed by atoms with Crippen molar-refractivity contribution in [2.24, 2.45) is 0 Å². The number of rotatable bonds is 10. The third-order valence-electron chi connectivity index (χ3n) is 3.10. The second-order valence-corrected chi connectivity index (χ2v) is 5.35. The van der Waals surface area contributed by atoms with Gasteiger partial charge in [0.15, 0.2) is 0 Å². The molecule has 0 aliphatic carbocycles. The summed E-state index contributed by atoms with van der Waals surface area (Å²) in [6, 6.07) is 4.34. The van der Waals surface area contributed by atoms with Crippen LogP contribution < -0.4 is 5.32 Å². The molecule has 0 saturated carbocycles. The van der Waals surface area contributed by atoms with Crippen LogP contribution in [-0.4, -0.2) is 37.6 Å². The Balaban J connectivity index is 1.87. The zero-order chi connectivity index (χ0) is 12.3. The highest BCUT2D eigenvalue weighted by Crippen LogP contribution is 2.07. The van der Waals surface area contributed by atoms with Gasteiger partial charge in [-0.3, -0.25) is 0 Å². The van der Waals surface area contributed by atoms with Gasteiger partial charge in [-0.2, -0.15) is 0 Å². The lowest BCUT2D eigenvalue weighted by Gasteiger charge is -2.17. The topological polar surface area (TPSA) is 15.3 Å². The van der Waals surface area contributed by atoms with Crippen LogP contribution in [-0.2, 0) is 6.42 Å². The monoisotopic (exact) mass is 254 g/mol. The molecular weight excluding hydrogens is 228 g/mol. The average Bonchev–Trinajstić information content (AvgIpc) is 2.86. The molecule has 0 atom stereocenters. The van der Waals surface area contributed by atoms with Crippen molar-refractivity contribution in [3.8, 4) is 0 Å². The Morgan fingerprint density at radius 3 is 2.65 bits per heavy atom. The molecule has 1 heterocycles. The molecule has 17 heavy (non-hydrogen) atoms. The molecule has 0 bridgehead atoms. The predicted octanol–water partition coefficient (Wildman–Crippen LogP) is 3.00. The van der Waals surface area contributed by atoms with Crippen LogP contribution in [0.2, 0.25) is 0 Å². The highest BCUT2D eigenvalue weighted by molar-refractivity contribution is 7.09. The lowest BCUT2D eigenvalue weighted by atomic mass is 10.2. The number of nitrogens with zero attached hydrogens (tertiary/aromatic N) is 1. The minimum absolute atomic E-state index is 1.12. The molecule has 2 nitrogen and oxygen atoms in total. The fourth-order valence-electron chi connectivity index (χ4n) is 1.92. The molecule has 3 heteroatoms. The molecule has 0 spiro atoms.